The van der Waals surface area contributed by atoms with Gasteiger partial charge in [-0.25, -0.2) is 0 Å². The molecule has 0 heterocycles. The van der Waals surface area contributed by atoms with Crippen LogP contribution >= 0.6 is 0 Å². The number of rotatable bonds is 6. The highest BCUT2D eigenvalue weighted by atomic mass is 16.5. The van der Waals surface area contributed by atoms with Crippen LogP contribution in [0.25, 0.3) is 6.08 Å². The fourth-order valence-corrected chi connectivity index (χ4v) is 2.71. The summed E-state index contributed by atoms with van der Waals surface area (Å²) >= 11 is 0. The van der Waals surface area contributed by atoms with Crippen molar-refractivity contribution in [3.63, 3.8) is 0 Å². The predicted octanol–water partition coefficient (Wildman–Crippen LogP) is 8.67. The molecule has 168 valence electrons. The van der Waals surface area contributed by atoms with Crippen LogP contribution in [0.2, 0.25) is 0 Å². The van der Waals surface area contributed by atoms with E-state index in [-0.39, 0.29) is 0 Å². The van der Waals surface area contributed by atoms with E-state index < -0.39 is 0 Å². The third kappa shape index (κ3) is 15.6. The number of allylic oxidation sites excluding steroid dienone is 4. The predicted molar refractivity (Wildman–Crippen MR) is 135 cm³/mol. The van der Waals surface area contributed by atoms with Gasteiger partial charge in [0, 0.05) is 5.56 Å². The molecule has 0 bridgehead atoms. The molecule has 1 saturated carbocycles. The standard InChI is InChI=1S/C16H20O.C8H12O.2C2H6/c1-13-2-4-14(5-3-13)6-7-15-8-10-16(12-17)11-9-15;1-7(2)5-6-8(3)9-4;2*1-2/h6-14H,2-5H2,1H3;5-6H,1,3H2,2,4H3;2*1-2H3/b7-6+;6-5-;;. The largest absolute Gasteiger partial charge is 0.497 e. The van der Waals surface area contributed by atoms with E-state index >= 15 is 0 Å². The van der Waals surface area contributed by atoms with Crippen molar-refractivity contribution in [3.05, 3.63) is 78.1 Å². The second-order valence-electron chi connectivity index (χ2n) is 7.01. The van der Waals surface area contributed by atoms with Crippen molar-refractivity contribution in [3.8, 4) is 0 Å². The van der Waals surface area contributed by atoms with Crippen LogP contribution in [0.15, 0.2) is 67.0 Å². The van der Waals surface area contributed by atoms with Crippen LogP contribution < -0.4 is 0 Å². The smallest absolute Gasteiger partial charge is 0.150 e. The van der Waals surface area contributed by atoms with Gasteiger partial charge in [-0.15, -0.1) is 0 Å². The van der Waals surface area contributed by atoms with Gasteiger partial charge >= 0.3 is 0 Å². The molecule has 1 aliphatic carbocycles. The van der Waals surface area contributed by atoms with Gasteiger partial charge < -0.3 is 4.74 Å². The number of ether oxygens (including phenoxy) is 1. The maximum atomic E-state index is 10.5. The van der Waals surface area contributed by atoms with E-state index in [0.717, 1.165) is 29.3 Å². The minimum absolute atomic E-state index is 0.651. The first-order valence-corrected chi connectivity index (χ1v) is 11.2. The quantitative estimate of drug-likeness (QED) is 0.265. The summed E-state index contributed by atoms with van der Waals surface area (Å²) in [4.78, 5) is 10.5. The van der Waals surface area contributed by atoms with Crippen molar-refractivity contribution in [1.29, 1.82) is 0 Å². The average molecular weight is 413 g/mol. The molecule has 0 spiro atoms. The summed E-state index contributed by atoms with van der Waals surface area (Å²) < 4.78 is 4.78. The number of carbonyl (C=O) groups excluding carboxylic acids is 1. The van der Waals surface area contributed by atoms with E-state index in [1.165, 1.54) is 31.2 Å². The van der Waals surface area contributed by atoms with E-state index in [1.54, 1.807) is 13.2 Å². The summed E-state index contributed by atoms with van der Waals surface area (Å²) in [6.45, 7) is 19.5. The lowest BCUT2D eigenvalue weighted by Gasteiger charge is -2.23. The van der Waals surface area contributed by atoms with Crippen LogP contribution in [0.3, 0.4) is 0 Å². The normalized spacial score (nSPS) is 17.4. The third-order valence-corrected chi connectivity index (χ3v) is 4.51. The Balaban J connectivity index is 0. The zero-order valence-corrected chi connectivity index (χ0v) is 20.4. The lowest BCUT2D eigenvalue weighted by Crippen LogP contribution is -2.09. The lowest BCUT2D eigenvalue weighted by atomic mass is 9.83. The van der Waals surface area contributed by atoms with Gasteiger partial charge in [-0.05, 0) is 43.2 Å². The first kappa shape index (κ1) is 29.8. The molecule has 2 nitrogen and oxygen atoms in total. The molecular formula is C28H44O2. The number of aldehydes is 1. The second-order valence-corrected chi connectivity index (χ2v) is 7.01. The molecule has 0 unspecified atom stereocenters. The number of carbonyl (C=O) groups is 1. The van der Waals surface area contributed by atoms with Gasteiger partial charge in [-0.1, -0.05) is 109 Å². The van der Waals surface area contributed by atoms with Crippen LogP contribution in [0.4, 0.5) is 0 Å². The van der Waals surface area contributed by atoms with Gasteiger partial charge in [-0.3, -0.25) is 4.79 Å². The van der Waals surface area contributed by atoms with Crippen molar-refractivity contribution >= 4 is 12.4 Å². The van der Waals surface area contributed by atoms with Gasteiger partial charge in [0.25, 0.3) is 0 Å². The molecule has 1 aliphatic rings. The van der Waals surface area contributed by atoms with E-state index in [9.17, 15) is 4.79 Å². The highest BCUT2D eigenvalue weighted by Crippen LogP contribution is 2.29. The van der Waals surface area contributed by atoms with Crippen molar-refractivity contribution in [1.82, 2.24) is 0 Å². The molecule has 0 radical (unpaired) electrons. The SMILES string of the molecule is C=C(C)/C=C\C(=C)OC.CC.CC.CC1CCC(/C=C/c2ccc(C=O)cc2)CC1. The molecule has 0 aromatic heterocycles. The minimum Gasteiger partial charge on any atom is -0.497 e. The Morgan fingerprint density at radius 2 is 1.43 bits per heavy atom. The van der Waals surface area contributed by atoms with Crippen molar-refractivity contribution in [2.75, 3.05) is 7.11 Å². The molecule has 0 amide bonds. The maximum Gasteiger partial charge on any atom is 0.150 e. The Morgan fingerprint density at radius 1 is 0.933 bits per heavy atom. The molecule has 1 aromatic rings. The third-order valence-electron chi connectivity index (χ3n) is 4.51. The zero-order valence-electron chi connectivity index (χ0n) is 20.4. The zero-order chi connectivity index (χ0) is 23.4. The summed E-state index contributed by atoms with van der Waals surface area (Å²) in [5.74, 6) is 2.31. The molecule has 30 heavy (non-hydrogen) atoms. The Labute approximate surface area is 186 Å². The van der Waals surface area contributed by atoms with E-state index in [4.69, 9.17) is 4.74 Å². The molecule has 2 rings (SSSR count). The Kier molecular flexibility index (Phi) is 19.8. The topological polar surface area (TPSA) is 26.3 Å². The fraction of sp³-hybridized carbons (Fsp3) is 0.464. The highest BCUT2D eigenvalue weighted by molar-refractivity contribution is 5.75. The summed E-state index contributed by atoms with van der Waals surface area (Å²) in [5.41, 5.74) is 2.93. The van der Waals surface area contributed by atoms with E-state index in [2.05, 4.69) is 32.2 Å². The maximum absolute atomic E-state index is 10.5. The molecule has 0 N–H and O–H groups in total. The summed E-state index contributed by atoms with van der Waals surface area (Å²) in [6.07, 6.45) is 14.4. The number of hydrogen-bond donors (Lipinski definition) is 0. The fourth-order valence-electron chi connectivity index (χ4n) is 2.71. The van der Waals surface area contributed by atoms with Crippen LogP contribution in [0.1, 0.15) is 83.1 Å². The summed E-state index contributed by atoms with van der Waals surface area (Å²) in [5, 5.41) is 0. The van der Waals surface area contributed by atoms with Gasteiger partial charge in [0.1, 0.15) is 12.0 Å². The number of benzene rings is 1. The van der Waals surface area contributed by atoms with Crippen molar-refractivity contribution < 1.29 is 9.53 Å². The minimum atomic E-state index is 0.651. The molecule has 1 fully saturated rings. The first-order valence-electron chi connectivity index (χ1n) is 11.2. The number of hydrogen-bond acceptors (Lipinski definition) is 2. The van der Waals surface area contributed by atoms with Gasteiger partial charge in [0.05, 0.1) is 7.11 Å². The first-order chi connectivity index (χ1) is 14.4. The van der Waals surface area contributed by atoms with Crippen LogP contribution in [0, 0.1) is 11.8 Å². The Morgan fingerprint density at radius 3 is 1.87 bits per heavy atom. The average Bonchev–Trinajstić information content (AvgIpc) is 2.80. The molecule has 0 saturated heterocycles. The van der Waals surface area contributed by atoms with Gasteiger partial charge in [-0.2, -0.15) is 0 Å². The summed E-state index contributed by atoms with van der Waals surface area (Å²) in [7, 11) is 1.59. The van der Waals surface area contributed by atoms with E-state index in [0.29, 0.717) is 5.76 Å². The van der Waals surface area contributed by atoms with Crippen molar-refractivity contribution in [2.45, 2.75) is 67.2 Å². The molecule has 2 heteroatoms. The molecule has 0 aliphatic heterocycles. The van der Waals surface area contributed by atoms with E-state index in [1.807, 2.05) is 65.0 Å². The molecule has 0 atom stereocenters. The Bertz CT molecular complexity index is 627. The highest BCUT2D eigenvalue weighted by Gasteiger charge is 2.15. The van der Waals surface area contributed by atoms with Crippen LogP contribution in [0.5, 0.6) is 0 Å². The Hall–Kier alpha value is -2.35. The van der Waals surface area contributed by atoms with Crippen LogP contribution in [-0.2, 0) is 4.74 Å². The number of methoxy groups -OCH3 is 1. The van der Waals surface area contributed by atoms with Crippen LogP contribution in [-0.4, -0.2) is 13.4 Å². The lowest BCUT2D eigenvalue weighted by molar-refractivity contribution is 0.112. The second kappa shape index (κ2) is 19.9. The van der Waals surface area contributed by atoms with Gasteiger partial charge in [0.2, 0.25) is 0 Å². The monoisotopic (exact) mass is 412 g/mol. The molecule has 1 aromatic carbocycles. The summed E-state index contributed by atoms with van der Waals surface area (Å²) in [6, 6.07) is 7.75. The molecular weight excluding hydrogens is 368 g/mol. The van der Waals surface area contributed by atoms with Gasteiger partial charge in [0.15, 0.2) is 0 Å². The van der Waals surface area contributed by atoms with Crippen molar-refractivity contribution in [2.24, 2.45) is 11.8 Å².